The molecule has 4 saturated carbocycles. The Balaban J connectivity index is 1.41. The molecule has 4 aliphatic rings. The number of benzene rings is 1. The van der Waals surface area contributed by atoms with Crippen molar-refractivity contribution >= 4 is 32.6 Å². The van der Waals surface area contributed by atoms with Gasteiger partial charge in [-0.3, -0.25) is 4.79 Å². The van der Waals surface area contributed by atoms with Crippen molar-refractivity contribution < 1.29 is 14.3 Å². The molecule has 1 aromatic heterocycles. The normalized spacial score (nSPS) is 32.0. The van der Waals surface area contributed by atoms with Gasteiger partial charge in [0.1, 0.15) is 0 Å². The van der Waals surface area contributed by atoms with Gasteiger partial charge in [-0.15, -0.1) is 0 Å². The summed E-state index contributed by atoms with van der Waals surface area (Å²) in [5.74, 6) is 3.81. The highest BCUT2D eigenvalue weighted by molar-refractivity contribution is 7.22. The Morgan fingerprint density at radius 3 is 2.23 bits per heavy atom. The average Bonchev–Trinajstić information content (AvgIpc) is 3.00. The van der Waals surface area contributed by atoms with Crippen LogP contribution in [0.2, 0.25) is 0 Å². The minimum atomic E-state index is -0.151. The Morgan fingerprint density at radius 2 is 1.65 bits per heavy atom. The van der Waals surface area contributed by atoms with Crippen molar-refractivity contribution in [3.05, 3.63) is 12.1 Å². The molecule has 0 atom stereocenters. The molecule has 26 heavy (non-hydrogen) atoms. The number of hydrogen-bond acceptors (Lipinski definition) is 5. The van der Waals surface area contributed by atoms with Crippen LogP contribution in [0.5, 0.6) is 11.5 Å². The van der Waals surface area contributed by atoms with E-state index < -0.39 is 0 Å². The van der Waals surface area contributed by atoms with E-state index in [1.807, 2.05) is 12.1 Å². The van der Waals surface area contributed by atoms with Gasteiger partial charge in [0.05, 0.1) is 29.9 Å². The largest absolute Gasteiger partial charge is 0.493 e. The molecule has 0 aliphatic heterocycles. The maximum Gasteiger partial charge on any atom is 0.232 e. The second kappa shape index (κ2) is 5.84. The fourth-order valence-electron chi connectivity index (χ4n) is 5.93. The first-order valence-corrected chi connectivity index (χ1v) is 10.2. The summed E-state index contributed by atoms with van der Waals surface area (Å²) in [5.41, 5.74) is 0.676. The van der Waals surface area contributed by atoms with Gasteiger partial charge in [0, 0.05) is 12.1 Å². The molecule has 0 saturated heterocycles. The molecule has 4 fully saturated rings. The van der Waals surface area contributed by atoms with Crippen molar-refractivity contribution in [3.8, 4) is 11.5 Å². The number of thiazole rings is 1. The number of carbonyl (C=O) groups excluding carboxylic acids is 1. The van der Waals surface area contributed by atoms with Crippen LogP contribution in [-0.4, -0.2) is 25.1 Å². The molecule has 2 aromatic rings. The molecule has 0 radical (unpaired) electrons. The van der Waals surface area contributed by atoms with E-state index >= 15 is 0 Å². The summed E-state index contributed by atoms with van der Waals surface area (Å²) in [7, 11) is 3.24. The third-order valence-corrected chi connectivity index (χ3v) is 7.57. The number of aromatic nitrogens is 1. The van der Waals surface area contributed by atoms with E-state index in [1.54, 1.807) is 14.2 Å². The van der Waals surface area contributed by atoms with E-state index in [0.717, 1.165) is 47.2 Å². The molecule has 0 unspecified atom stereocenters. The van der Waals surface area contributed by atoms with Crippen LogP contribution in [0.25, 0.3) is 10.2 Å². The lowest BCUT2D eigenvalue weighted by atomic mass is 9.49. The zero-order valence-electron chi connectivity index (χ0n) is 15.2. The van der Waals surface area contributed by atoms with Gasteiger partial charge in [-0.2, -0.15) is 0 Å². The third kappa shape index (κ3) is 2.49. The second-order valence-electron chi connectivity index (χ2n) is 8.35. The minimum absolute atomic E-state index is 0.151. The topological polar surface area (TPSA) is 60.5 Å². The van der Waals surface area contributed by atoms with Crippen molar-refractivity contribution in [2.45, 2.75) is 38.5 Å². The quantitative estimate of drug-likeness (QED) is 0.860. The molecule has 1 amide bonds. The molecule has 6 heteroatoms. The number of anilines is 1. The molecular weight excluding hydrogens is 348 g/mol. The van der Waals surface area contributed by atoms with Crippen molar-refractivity contribution in [1.29, 1.82) is 0 Å². The van der Waals surface area contributed by atoms with Gasteiger partial charge in [0.15, 0.2) is 16.6 Å². The summed E-state index contributed by atoms with van der Waals surface area (Å²) in [4.78, 5) is 17.8. The predicted octanol–water partition coefficient (Wildman–Crippen LogP) is 4.47. The van der Waals surface area contributed by atoms with Crippen LogP contribution in [0, 0.1) is 23.2 Å². The number of hydrogen-bond donors (Lipinski definition) is 1. The van der Waals surface area contributed by atoms with Gasteiger partial charge < -0.3 is 14.8 Å². The molecule has 1 N–H and O–H groups in total. The lowest BCUT2D eigenvalue weighted by Gasteiger charge is -2.55. The number of nitrogens with one attached hydrogen (secondary N) is 1. The van der Waals surface area contributed by atoms with Crippen LogP contribution in [-0.2, 0) is 4.79 Å². The van der Waals surface area contributed by atoms with E-state index in [2.05, 4.69) is 10.3 Å². The molecule has 5 nitrogen and oxygen atoms in total. The van der Waals surface area contributed by atoms with Crippen LogP contribution >= 0.6 is 11.3 Å². The lowest BCUT2D eigenvalue weighted by Crippen LogP contribution is -2.51. The van der Waals surface area contributed by atoms with Gasteiger partial charge in [0.25, 0.3) is 0 Å². The Morgan fingerprint density at radius 1 is 1.08 bits per heavy atom. The van der Waals surface area contributed by atoms with E-state index in [4.69, 9.17) is 9.47 Å². The Bertz CT molecular complexity index is 799. The molecule has 1 heterocycles. The van der Waals surface area contributed by atoms with Gasteiger partial charge in [0.2, 0.25) is 5.91 Å². The third-order valence-electron chi connectivity index (χ3n) is 6.63. The smallest absolute Gasteiger partial charge is 0.232 e. The summed E-state index contributed by atoms with van der Waals surface area (Å²) in [6.07, 6.45) is 7.22. The van der Waals surface area contributed by atoms with E-state index in [0.29, 0.717) is 16.6 Å². The van der Waals surface area contributed by atoms with Gasteiger partial charge in [-0.25, -0.2) is 4.98 Å². The summed E-state index contributed by atoms with van der Waals surface area (Å²) in [6, 6.07) is 3.79. The van der Waals surface area contributed by atoms with E-state index in [9.17, 15) is 4.79 Å². The summed E-state index contributed by atoms with van der Waals surface area (Å²) >= 11 is 1.50. The van der Waals surface area contributed by atoms with Crippen LogP contribution in [0.3, 0.4) is 0 Å². The zero-order valence-corrected chi connectivity index (χ0v) is 16.0. The highest BCUT2D eigenvalue weighted by Gasteiger charge is 2.54. The minimum Gasteiger partial charge on any atom is -0.493 e. The molecule has 4 aliphatic carbocycles. The standard InChI is InChI=1S/C20H24N2O3S/c1-24-15-6-14-17(7-16(15)25-2)26-19(21-14)22-18(23)20-8-11-3-12(9-20)5-13(4-11)10-20/h6-7,11-13H,3-5,8-10H2,1-2H3,(H,21,22,23). The van der Waals surface area contributed by atoms with Crippen LogP contribution in [0.1, 0.15) is 38.5 Å². The second-order valence-corrected chi connectivity index (χ2v) is 9.38. The molecule has 6 rings (SSSR count). The van der Waals surface area contributed by atoms with Gasteiger partial charge >= 0.3 is 0 Å². The van der Waals surface area contributed by atoms with Crippen LogP contribution in [0.4, 0.5) is 5.13 Å². The Labute approximate surface area is 157 Å². The maximum atomic E-state index is 13.2. The fraction of sp³-hybridized carbons (Fsp3) is 0.600. The number of nitrogens with zero attached hydrogens (tertiary/aromatic N) is 1. The fourth-order valence-corrected chi connectivity index (χ4v) is 6.80. The number of amides is 1. The number of methoxy groups -OCH3 is 2. The average molecular weight is 372 g/mol. The van der Waals surface area contributed by atoms with E-state index in [-0.39, 0.29) is 11.3 Å². The van der Waals surface area contributed by atoms with Crippen molar-refractivity contribution in [2.75, 3.05) is 19.5 Å². The molecule has 0 spiro atoms. The van der Waals surface area contributed by atoms with Crippen LogP contribution < -0.4 is 14.8 Å². The first-order valence-electron chi connectivity index (χ1n) is 9.42. The Hall–Kier alpha value is -1.82. The number of rotatable bonds is 4. The molecule has 1 aromatic carbocycles. The summed E-state index contributed by atoms with van der Waals surface area (Å²) in [5, 5.41) is 3.83. The first kappa shape index (κ1) is 16.4. The maximum absolute atomic E-state index is 13.2. The summed E-state index contributed by atoms with van der Waals surface area (Å²) in [6.45, 7) is 0. The van der Waals surface area contributed by atoms with Crippen LogP contribution in [0.15, 0.2) is 12.1 Å². The van der Waals surface area contributed by atoms with E-state index in [1.165, 1.54) is 30.6 Å². The highest BCUT2D eigenvalue weighted by atomic mass is 32.1. The zero-order chi connectivity index (χ0) is 17.9. The summed E-state index contributed by atoms with van der Waals surface area (Å²) < 4.78 is 11.7. The van der Waals surface area contributed by atoms with Gasteiger partial charge in [-0.1, -0.05) is 11.3 Å². The highest BCUT2D eigenvalue weighted by Crippen LogP contribution is 2.60. The number of carbonyl (C=O) groups is 1. The van der Waals surface area contributed by atoms with Crippen molar-refractivity contribution in [2.24, 2.45) is 23.2 Å². The van der Waals surface area contributed by atoms with Gasteiger partial charge in [-0.05, 0) is 56.3 Å². The molecular formula is C20H24N2O3S. The predicted molar refractivity (Wildman–Crippen MR) is 102 cm³/mol. The number of ether oxygens (including phenoxy) is 2. The SMILES string of the molecule is COc1cc2nc(NC(=O)C34CC5CC(CC(C5)C3)C4)sc2cc1OC. The molecule has 138 valence electrons. The monoisotopic (exact) mass is 372 g/mol. The lowest BCUT2D eigenvalue weighted by molar-refractivity contribution is -0.140. The Kier molecular flexibility index (Phi) is 3.68. The number of fused-ring (bicyclic) bond motifs is 1. The molecule has 4 bridgehead atoms. The first-order chi connectivity index (χ1) is 12.6. The van der Waals surface area contributed by atoms with Crippen molar-refractivity contribution in [3.63, 3.8) is 0 Å². The van der Waals surface area contributed by atoms with Crippen molar-refractivity contribution in [1.82, 2.24) is 4.98 Å².